The summed E-state index contributed by atoms with van der Waals surface area (Å²) in [5, 5.41) is 11.5. The van der Waals surface area contributed by atoms with Gasteiger partial charge in [-0.3, -0.25) is 4.79 Å². The van der Waals surface area contributed by atoms with Crippen molar-refractivity contribution < 1.29 is 9.90 Å². The molecular formula is C14H20N2O2. The van der Waals surface area contributed by atoms with E-state index in [9.17, 15) is 4.79 Å². The van der Waals surface area contributed by atoms with Gasteiger partial charge in [-0.1, -0.05) is 6.07 Å². The van der Waals surface area contributed by atoms with Gasteiger partial charge in [-0.15, -0.1) is 0 Å². The van der Waals surface area contributed by atoms with Crippen LogP contribution in [0.15, 0.2) is 24.3 Å². The van der Waals surface area contributed by atoms with Crippen molar-refractivity contribution in [3.8, 4) is 0 Å². The van der Waals surface area contributed by atoms with Crippen LogP contribution in [0.2, 0.25) is 0 Å². The number of amides is 1. The lowest BCUT2D eigenvalue weighted by Gasteiger charge is -2.18. The minimum atomic E-state index is -0.0392. The molecule has 4 heteroatoms. The number of benzene rings is 1. The van der Waals surface area contributed by atoms with E-state index in [4.69, 9.17) is 5.11 Å². The first-order chi connectivity index (χ1) is 8.79. The Morgan fingerprint density at radius 2 is 2.11 bits per heavy atom. The third kappa shape index (κ3) is 3.47. The maximum atomic E-state index is 11.6. The number of hydrogen-bond donors (Lipinski definition) is 2. The lowest BCUT2D eigenvalue weighted by Crippen LogP contribution is -2.18. The van der Waals surface area contributed by atoms with Crippen LogP contribution in [0.1, 0.15) is 25.7 Å². The fourth-order valence-corrected chi connectivity index (χ4v) is 2.22. The maximum Gasteiger partial charge on any atom is 0.224 e. The lowest BCUT2D eigenvalue weighted by molar-refractivity contribution is -0.116. The minimum absolute atomic E-state index is 0.0392. The molecule has 0 bridgehead atoms. The molecule has 1 aliphatic rings. The van der Waals surface area contributed by atoms with Crippen molar-refractivity contribution >= 4 is 17.3 Å². The van der Waals surface area contributed by atoms with Crippen molar-refractivity contribution in [2.24, 2.45) is 0 Å². The lowest BCUT2D eigenvalue weighted by atomic mass is 10.2. The second-order valence-corrected chi connectivity index (χ2v) is 4.62. The normalized spacial score (nSPS) is 14.8. The van der Waals surface area contributed by atoms with E-state index in [1.165, 1.54) is 18.5 Å². The van der Waals surface area contributed by atoms with Gasteiger partial charge in [0.15, 0.2) is 0 Å². The summed E-state index contributed by atoms with van der Waals surface area (Å²) in [6.07, 6.45) is 3.36. The molecule has 1 amide bonds. The van der Waals surface area contributed by atoms with Gasteiger partial charge in [0, 0.05) is 37.5 Å². The topological polar surface area (TPSA) is 52.6 Å². The quantitative estimate of drug-likeness (QED) is 0.838. The number of aliphatic hydroxyl groups excluding tert-OH is 1. The zero-order valence-electron chi connectivity index (χ0n) is 10.6. The summed E-state index contributed by atoms with van der Waals surface area (Å²) in [6, 6.07) is 7.96. The fraction of sp³-hybridized carbons (Fsp3) is 0.500. The second-order valence-electron chi connectivity index (χ2n) is 4.62. The molecule has 0 aliphatic carbocycles. The highest BCUT2D eigenvalue weighted by Gasteiger charge is 2.12. The standard InChI is InChI=1S/C14H20N2O2/c17-10-4-7-14(18)15-12-5-3-6-13(11-12)16-8-1-2-9-16/h3,5-6,11,17H,1-2,4,7-10H2,(H,15,18). The first-order valence-corrected chi connectivity index (χ1v) is 6.55. The zero-order chi connectivity index (χ0) is 12.8. The van der Waals surface area contributed by atoms with Crippen LogP contribution in [0.3, 0.4) is 0 Å². The van der Waals surface area contributed by atoms with Crippen LogP contribution in [-0.2, 0) is 4.79 Å². The average Bonchev–Trinajstić information content (AvgIpc) is 2.90. The highest BCUT2D eigenvalue weighted by Crippen LogP contribution is 2.23. The van der Waals surface area contributed by atoms with E-state index in [0.29, 0.717) is 12.8 Å². The maximum absolute atomic E-state index is 11.6. The van der Waals surface area contributed by atoms with E-state index in [-0.39, 0.29) is 12.5 Å². The van der Waals surface area contributed by atoms with Crippen molar-refractivity contribution in [3.05, 3.63) is 24.3 Å². The van der Waals surface area contributed by atoms with Crippen molar-refractivity contribution in [1.82, 2.24) is 0 Å². The third-order valence-electron chi connectivity index (χ3n) is 3.16. The van der Waals surface area contributed by atoms with Gasteiger partial charge >= 0.3 is 0 Å². The molecule has 0 unspecified atom stereocenters. The second kappa shape index (κ2) is 6.40. The van der Waals surface area contributed by atoms with Crippen molar-refractivity contribution in [2.45, 2.75) is 25.7 Å². The van der Waals surface area contributed by atoms with Crippen LogP contribution in [0.5, 0.6) is 0 Å². The number of rotatable bonds is 5. The highest BCUT2D eigenvalue weighted by atomic mass is 16.3. The van der Waals surface area contributed by atoms with Crippen molar-refractivity contribution in [2.75, 3.05) is 29.9 Å². The molecule has 1 aromatic rings. The predicted molar refractivity (Wildman–Crippen MR) is 72.8 cm³/mol. The monoisotopic (exact) mass is 248 g/mol. The van der Waals surface area contributed by atoms with Crippen LogP contribution >= 0.6 is 0 Å². The van der Waals surface area contributed by atoms with Gasteiger partial charge in [-0.2, -0.15) is 0 Å². The van der Waals surface area contributed by atoms with E-state index >= 15 is 0 Å². The van der Waals surface area contributed by atoms with Crippen LogP contribution in [0, 0.1) is 0 Å². The predicted octanol–water partition coefficient (Wildman–Crippen LogP) is 2.00. The average molecular weight is 248 g/mol. The smallest absolute Gasteiger partial charge is 0.224 e. The Hall–Kier alpha value is -1.55. The molecule has 18 heavy (non-hydrogen) atoms. The Morgan fingerprint density at radius 3 is 2.83 bits per heavy atom. The first kappa shape index (κ1) is 12.9. The van der Waals surface area contributed by atoms with E-state index in [0.717, 1.165) is 18.8 Å². The Kier molecular flexibility index (Phi) is 4.59. The van der Waals surface area contributed by atoms with Crippen LogP contribution in [-0.4, -0.2) is 30.7 Å². The molecule has 0 radical (unpaired) electrons. The number of nitrogens with one attached hydrogen (secondary N) is 1. The first-order valence-electron chi connectivity index (χ1n) is 6.55. The largest absolute Gasteiger partial charge is 0.396 e. The molecule has 1 aromatic carbocycles. The Bertz CT molecular complexity index is 401. The van der Waals surface area contributed by atoms with Gasteiger partial charge in [0.25, 0.3) is 0 Å². The van der Waals surface area contributed by atoms with Crippen molar-refractivity contribution in [3.63, 3.8) is 0 Å². The SMILES string of the molecule is O=C(CCCO)Nc1cccc(N2CCCC2)c1. The molecule has 1 fully saturated rings. The molecular weight excluding hydrogens is 228 g/mol. The molecule has 0 aromatic heterocycles. The Labute approximate surface area is 108 Å². The summed E-state index contributed by atoms with van der Waals surface area (Å²) < 4.78 is 0. The van der Waals surface area contributed by atoms with E-state index in [1.54, 1.807) is 0 Å². The molecule has 2 rings (SSSR count). The number of aliphatic hydroxyl groups is 1. The number of nitrogens with zero attached hydrogens (tertiary/aromatic N) is 1. The van der Waals surface area contributed by atoms with Crippen LogP contribution < -0.4 is 10.2 Å². The summed E-state index contributed by atoms with van der Waals surface area (Å²) >= 11 is 0. The summed E-state index contributed by atoms with van der Waals surface area (Å²) in [5.74, 6) is -0.0392. The molecule has 1 aliphatic heterocycles. The Morgan fingerprint density at radius 1 is 1.33 bits per heavy atom. The molecule has 2 N–H and O–H groups in total. The molecule has 1 heterocycles. The van der Waals surface area contributed by atoms with E-state index in [2.05, 4.69) is 16.3 Å². The van der Waals surface area contributed by atoms with Crippen LogP contribution in [0.25, 0.3) is 0 Å². The van der Waals surface area contributed by atoms with Gasteiger partial charge < -0.3 is 15.3 Å². The minimum Gasteiger partial charge on any atom is -0.396 e. The van der Waals surface area contributed by atoms with Gasteiger partial charge in [0.1, 0.15) is 0 Å². The number of anilines is 2. The molecule has 0 saturated carbocycles. The fourth-order valence-electron chi connectivity index (χ4n) is 2.22. The summed E-state index contributed by atoms with van der Waals surface area (Å²) in [5.41, 5.74) is 2.01. The van der Waals surface area contributed by atoms with Gasteiger partial charge in [0.05, 0.1) is 0 Å². The van der Waals surface area contributed by atoms with E-state index < -0.39 is 0 Å². The Balaban J connectivity index is 1.96. The molecule has 0 spiro atoms. The highest BCUT2D eigenvalue weighted by molar-refractivity contribution is 5.91. The van der Waals surface area contributed by atoms with E-state index in [1.807, 2.05) is 18.2 Å². The summed E-state index contributed by atoms with van der Waals surface area (Å²) in [7, 11) is 0. The number of hydrogen-bond acceptors (Lipinski definition) is 3. The zero-order valence-corrected chi connectivity index (χ0v) is 10.6. The molecule has 1 saturated heterocycles. The van der Waals surface area contributed by atoms with Gasteiger partial charge in [-0.05, 0) is 37.5 Å². The van der Waals surface area contributed by atoms with Crippen molar-refractivity contribution in [1.29, 1.82) is 0 Å². The molecule has 98 valence electrons. The summed E-state index contributed by atoms with van der Waals surface area (Å²) in [4.78, 5) is 13.9. The summed E-state index contributed by atoms with van der Waals surface area (Å²) in [6.45, 7) is 2.26. The molecule has 4 nitrogen and oxygen atoms in total. The van der Waals surface area contributed by atoms with Gasteiger partial charge in [0.2, 0.25) is 5.91 Å². The third-order valence-corrected chi connectivity index (χ3v) is 3.16. The molecule has 0 atom stereocenters. The van der Waals surface area contributed by atoms with Crippen LogP contribution in [0.4, 0.5) is 11.4 Å². The van der Waals surface area contributed by atoms with Gasteiger partial charge in [-0.25, -0.2) is 0 Å². The number of carbonyl (C=O) groups excluding carboxylic acids is 1. The number of carbonyl (C=O) groups is 1.